The molecule has 1 aromatic carbocycles. The van der Waals surface area contributed by atoms with Gasteiger partial charge in [-0.1, -0.05) is 6.07 Å². The van der Waals surface area contributed by atoms with Crippen LogP contribution in [0.15, 0.2) is 29.2 Å². The third kappa shape index (κ3) is 5.67. The fraction of sp³-hybridized carbons (Fsp3) is 0.588. The normalized spacial score (nSPS) is 19.4. The Balaban J connectivity index is 0.00000312. The minimum atomic E-state index is -3.61. The Morgan fingerprint density at radius 3 is 2.60 bits per heavy atom. The van der Waals surface area contributed by atoms with Crippen LogP contribution in [0.3, 0.4) is 0 Å². The standard InChI is InChI=1S/C17H27N3O3S.ClH/c1-12(2)19-24(22,23)16-8-4-6-14(10-16)17(21)20-9-5-7-15(11-20)13(3)18;/h4,6,8,10,12-13,15,19H,5,7,9,11,18H2,1-3H3;1H. The number of likely N-dealkylation sites (tertiary alicyclic amines) is 1. The molecule has 6 nitrogen and oxygen atoms in total. The molecular weight excluding hydrogens is 362 g/mol. The first kappa shape index (κ1) is 21.9. The number of amides is 1. The van der Waals surface area contributed by atoms with Gasteiger partial charge in [0.25, 0.3) is 5.91 Å². The quantitative estimate of drug-likeness (QED) is 0.805. The van der Waals surface area contributed by atoms with Gasteiger partial charge in [0.15, 0.2) is 0 Å². The summed E-state index contributed by atoms with van der Waals surface area (Å²) >= 11 is 0. The van der Waals surface area contributed by atoms with E-state index < -0.39 is 10.0 Å². The zero-order valence-electron chi connectivity index (χ0n) is 14.9. The predicted molar refractivity (Wildman–Crippen MR) is 101 cm³/mol. The van der Waals surface area contributed by atoms with Gasteiger partial charge >= 0.3 is 0 Å². The first-order valence-electron chi connectivity index (χ1n) is 8.38. The molecule has 0 saturated carbocycles. The van der Waals surface area contributed by atoms with E-state index in [0.29, 0.717) is 18.7 Å². The average molecular weight is 390 g/mol. The van der Waals surface area contributed by atoms with Gasteiger partial charge in [0.05, 0.1) is 4.90 Å². The summed E-state index contributed by atoms with van der Waals surface area (Å²) in [5.74, 6) is 0.152. The molecule has 0 aromatic heterocycles. The molecule has 2 rings (SSSR count). The predicted octanol–water partition coefficient (Wildman–Crippen LogP) is 1.99. The number of carbonyl (C=O) groups is 1. The number of nitrogens with zero attached hydrogens (tertiary/aromatic N) is 1. The molecule has 2 atom stereocenters. The zero-order valence-corrected chi connectivity index (χ0v) is 16.6. The van der Waals surface area contributed by atoms with Gasteiger partial charge in [-0.15, -0.1) is 12.4 Å². The number of hydrogen-bond donors (Lipinski definition) is 2. The Bertz CT molecular complexity index is 692. The number of hydrogen-bond acceptors (Lipinski definition) is 4. The Kier molecular flexibility index (Phi) is 7.87. The van der Waals surface area contributed by atoms with Crippen molar-refractivity contribution in [2.75, 3.05) is 13.1 Å². The molecule has 2 unspecified atom stereocenters. The van der Waals surface area contributed by atoms with E-state index >= 15 is 0 Å². The van der Waals surface area contributed by atoms with Gasteiger partial charge in [0.1, 0.15) is 0 Å². The zero-order chi connectivity index (χ0) is 17.9. The first-order valence-corrected chi connectivity index (χ1v) is 9.86. The molecule has 0 aliphatic carbocycles. The van der Waals surface area contributed by atoms with Gasteiger partial charge in [-0.2, -0.15) is 0 Å². The average Bonchev–Trinajstić information content (AvgIpc) is 2.53. The van der Waals surface area contributed by atoms with Crippen molar-refractivity contribution in [3.8, 4) is 0 Å². The summed E-state index contributed by atoms with van der Waals surface area (Å²) in [6, 6.07) is 6.05. The van der Waals surface area contributed by atoms with Crippen molar-refractivity contribution in [3.05, 3.63) is 29.8 Å². The van der Waals surface area contributed by atoms with Crippen molar-refractivity contribution in [1.29, 1.82) is 0 Å². The summed E-state index contributed by atoms with van der Waals surface area (Å²) in [5.41, 5.74) is 6.37. The summed E-state index contributed by atoms with van der Waals surface area (Å²) in [6.45, 7) is 6.78. The highest BCUT2D eigenvalue weighted by Gasteiger charge is 2.27. The number of halogens is 1. The topological polar surface area (TPSA) is 92.5 Å². The Morgan fingerprint density at radius 1 is 1.32 bits per heavy atom. The molecule has 1 amide bonds. The van der Waals surface area contributed by atoms with Crippen LogP contribution in [0.5, 0.6) is 0 Å². The van der Waals surface area contributed by atoms with Crippen molar-refractivity contribution < 1.29 is 13.2 Å². The molecule has 1 aliphatic heterocycles. The molecule has 1 heterocycles. The van der Waals surface area contributed by atoms with Crippen LogP contribution in [0, 0.1) is 5.92 Å². The highest BCUT2D eigenvalue weighted by atomic mass is 35.5. The fourth-order valence-electron chi connectivity index (χ4n) is 2.98. The Labute approximate surface area is 156 Å². The number of carbonyl (C=O) groups excluding carboxylic acids is 1. The molecule has 0 spiro atoms. The lowest BCUT2D eigenvalue weighted by atomic mass is 9.92. The van der Waals surface area contributed by atoms with Crippen LogP contribution < -0.4 is 10.5 Å². The maximum absolute atomic E-state index is 12.7. The summed E-state index contributed by atoms with van der Waals surface area (Å²) in [7, 11) is -3.61. The van der Waals surface area contributed by atoms with Crippen LogP contribution in [0.1, 0.15) is 44.0 Å². The second-order valence-electron chi connectivity index (χ2n) is 6.82. The molecule has 0 radical (unpaired) electrons. The third-order valence-electron chi connectivity index (χ3n) is 4.27. The van der Waals surface area contributed by atoms with E-state index in [4.69, 9.17) is 5.73 Å². The number of sulfonamides is 1. The van der Waals surface area contributed by atoms with Gasteiger partial charge < -0.3 is 10.6 Å². The largest absolute Gasteiger partial charge is 0.338 e. The van der Waals surface area contributed by atoms with Crippen molar-refractivity contribution in [2.45, 2.75) is 50.6 Å². The lowest BCUT2D eigenvalue weighted by molar-refractivity contribution is 0.0660. The molecule has 1 fully saturated rings. The lowest BCUT2D eigenvalue weighted by Crippen LogP contribution is -2.45. The monoisotopic (exact) mass is 389 g/mol. The van der Waals surface area contributed by atoms with Gasteiger partial charge in [-0.25, -0.2) is 13.1 Å². The summed E-state index contributed by atoms with van der Waals surface area (Å²) in [6.07, 6.45) is 1.94. The van der Waals surface area contributed by atoms with Gasteiger partial charge in [-0.3, -0.25) is 4.79 Å². The first-order chi connectivity index (χ1) is 11.2. The molecule has 3 N–H and O–H groups in total. The van der Waals surface area contributed by atoms with E-state index in [-0.39, 0.29) is 41.2 Å². The number of nitrogens with two attached hydrogens (primary N) is 1. The van der Waals surface area contributed by atoms with Crippen molar-refractivity contribution in [2.24, 2.45) is 11.7 Å². The molecule has 142 valence electrons. The van der Waals surface area contributed by atoms with E-state index in [2.05, 4.69) is 4.72 Å². The smallest absolute Gasteiger partial charge is 0.253 e. The molecule has 25 heavy (non-hydrogen) atoms. The number of benzene rings is 1. The van der Waals surface area contributed by atoms with Crippen LogP contribution in [0.25, 0.3) is 0 Å². The van der Waals surface area contributed by atoms with Gasteiger partial charge in [0.2, 0.25) is 10.0 Å². The molecule has 0 bridgehead atoms. The maximum atomic E-state index is 12.7. The Morgan fingerprint density at radius 2 is 2.00 bits per heavy atom. The summed E-state index contributed by atoms with van der Waals surface area (Å²) in [5, 5.41) is 0. The Hall–Kier alpha value is -1.15. The molecule has 1 aliphatic rings. The second kappa shape index (κ2) is 8.98. The van der Waals surface area contributed by atoms with Crippen LogP contribution in [-0.2, 0) is 10.0 Å². The van der Waals surface area contributed by atoms with Gasteiger partial charge in [-0.05, 0) is 57.7 Å². The highest BCUT2D eigenvalue weighted by Crippen LogP contribution is 2.21. The molecular formula is C17H28ClN3O3S. The minimum Gasteiger partial charge on any atom is -0.338 e. The van der Waals surface area contributed by atoms with Crippen LogP contribution in [0.2, 0.25) is 0 Å². The molecule has 8 heteroatoms. The molecule has 1 saturated heterocycles. The highest BCUT2D eigenvalue weighted by molar-refractivity contribution is 7.89. The van der Waals surface area contributed by atoms with E-state index in [9.17, 15) is 13.2 Å². The third-order valence-corrected chi connectivity index (χ3v) is 5.93. The lowest BCUT2D eigenvalue weighted by Gasteiger charge is -2.34. The summed E-state index contributed by atoms with van der Waals surface area (Å²) in [4.78, 5) is 14.6. The van der Waals surface area contributed by atoms with Crippen molar-refractivity contribution in [1.82, 2.24) is 9.62 Å². The second-order valence-corrected chi connectivity index (χ2v) is 8.53. The number of nitrogens with one attached hydrogen (secondary N) is 1. The van der Waals surface area contributed by atoms with Crippen LogP contribution in [-0.4, -0.2) is 44.4 Å². The van der Waals surface area contributed by atoms with Crippen molar-refractivity contribution >= 4 is 28.3 Å². The van der Waals surface area contributed by atoms with E-state index in [1.165, 1.54) is 12.1 Å². The van der Waals surface area contributed by atoms with E-state index in [0.717, 1.165) is 12.8 Å². The van der Waals surface area contributed by atoms with Crippen molar-refractivity contribution in [3.63, 3.8) is 0 Å². The maximum Gasteiger partial charge on any atom is 0.253 e. The fourth-order valence-corrected chi connectivity index (χ4v) is 4.28. The molecule has 1 aromatic rings. The number of rotatable bonds is 5. The van der Waals surface area contributed by atoms with Crippen LogP contribution in [0.4, 0.5) is 0 Å². The SMILES string of the molecule is CC(C)NS(=O)(=O)c1cccc(C(=O)N2CCCC(C(C)N)C2)c1.Cl. The summed E-state index contributed by atoms with van der Waals surface area (Å²) < 4.78 is 27.1. The van der Waals surface area contributed by atoms with E-state index in [1.54, 1.807) is 30.9 Å². The van der Waals surface area contributed by atoms with E-state index in [1.807, 2.05) is 6.92 Å². The minimum absolute atomic E-state index is 0. The van der Waals surface area contributed by atoms with Crippen LogP contribution >= 0.6 is 12.4 Å². The van der Waals surface area contributed by atoms with Gasteiger partial charge in [0, 0.05) is 30.7 Å². The number of piperidine rings is 1.